The predicted molar refractivity (Wildman–Crippen MR) is 138 cm³/mol. The van der Waals surface area contributed by atoms with E-state index in [1.807, 2.05) is 45.0 Å². The van der Waals surface area contributed by atoms with Crippen molar-refractivity contribution >= 4 is 40.3 Å². The molecule has 1 N–H and O–H groups in total. The second-order valence-electron chi connectivity index (χ2n) is 10.2. The summed E-state index contributed by atoms with van der Waals surface area (Å²) in [7, 11) is 0. The summed E-state index contributed by atoms with van der Waals surface area (Å²) in [4.78, 5) is 44.0. The zero-order valence-electron chi connectivity index (χ0n) is 21.1. The monoisotopic (exact) mass is 510 g/mol. The lowest BCUT2D eigenvalue weighted by atomic mass is 9.87. The van der Waals surface area contributed by atoms with Crippen LogP contribution in [-0.2, 0) is 25.5 Å². The highest BCUT2D eigenvalue weighted by atomic mass is 35.5. The highest BCUT2D eigenvalue weighted by Gasteiger charge is 2.44. The summed E-state index contributed by atoms with van der Waals surface area (Å²) in [5.74, 6) is -1.58. The Morgan fingerprint density at radius 2 is 1.75 bits per heavy atom. The second-order valence-corrected chi connectivity index (χ2v) is 10.5. The number of esters is 2. The third kappa shape index (κ3) is 5.12. The molecule has 0 bridgehead atoms. The molecule has 0 radical (unpaired) electrons. The highest BCUT2D eigenvalue weighted by molar-refractivity contribution is 6.27. The minimum atomic E-state index is -0.846. The summed E-state index contributed by atoms with van der Waals surface area (Å²) in [5.41, 5.74) is 3.19. The number of H-pyrrole nitrogens is 1. The van der Waals surface area contributed by atoms with Gasteiger partial charge in [0.05, 0.1) is 17.7 Å². The lowest BCUT2D eigenvalue weighted by Gasteiger charge is -2.41. The maximum atomic E-state index is 13.2. The van der Waals surface area contributed by atoms with Crippen molar-refractivity contribution in [3.8, 4) is 0 Å². The molecule has 4 rings (SSSR count). The normalized spacial score (nSPS) is 17.7. The first-order valence-electron chi connectivity index (χ1n) is 12.0. The van der Waals surface area contributed by atoms with Crippen LogP contribution in [0.1, 0.15) is 67.8 Å². The van der Waals surface area contributed by atoms with Crippen LogP contribution in [-0.4, -0.2) is 51.4 Å². The van der Waals surface area contributed by atoms with E-state index in [2.05, 4.69) is 4.98 Å². The van der Waals surface area contributed by atoms with Crippen molar-refractivity contribution in [1.29, 1.82) is 0 Å². The van der Waals surface area contributed by atoms with Gasteiger partial charge in [0.25, 0.3) is 0 Å². The fourth-order valence-corrected chi connectivity index (χ4v) is 4.78. The summed E-state index contributed by atoms with van der Waals surface area (Å²) in [6.07, 6.45) is -0.0265. The van der Waals surface area contributed by atoms with Gasteiger partial charge >= 0.3 is 11.9 Å². The number of carbonyl (C=O) groups is 3. The number of amides is 1. The van der Waals surface area contributed by atoms with Crippen LogP contribution in [0.5, 0.6) is 0 Å². The molecule has 3 aromatic rings. The molecule has 1 amide bonds. The van der Waals surface area contributed by atoms with Gasteiger partial charge in [-0.2, -0.15) is 0 Å². The van der Waals surface area contributed by atoms with Crippen molar-refractivity contribution in [2.45, 2.75) is 64.8 Å². The number of nitrogens with one attached hydrogen (secondary N) is 1. The number of para-hydroxylation sites is 1. The quantitative estimate of drug-likeness (QED) is 0.378. The minimum Gasteiger partial charge on any atom is -0.461 e. The van der Waals surface area contributed by atoms with E-state index >= 15 is 0 Å². The maximum absolute atomic E-state index is 13.2. The Balaban J connectivity index is 1.84. The van der Waals surface area contributed by atoms with E-state index < -0.39 is 29.6 Å². The first-order valence-corrected chi connectivity index (χ1v) is 12.5. The number of rotatable bonds is 5. The maximum Gasteiger partial charge on any atom is 0.338 e. The van der Waals surface area contributed by atoms with E-state index in [1.54, 1.807) is 38.1 Å². The fraction of sp³-hybridized carbons (Fsp3) is 0.393. The van der Waals surface area contributed by atoms with Crippen molar-refractivity contribution in [2.24, 2.45) is 0 Å². The van der Waals surface area contributed by atoms with Gasteiger partial charge < -0.3 is 19.4 Å². The van der Waals surface area contributed by atoms with Gasteiger partial charge in [-0.3, -0.25) is 4.79 Å². The summed E-state index contributed by atoms with van der Waals surface area (Å²) in [6.45, 7) is 8.98. The molecule has 0 aliphatic carbocycles. The van der Waals surface area contributed by atoms with E-state index in [0.717, 1.165) is 27.7 Å². The van der Waals surface area contributed by atoms with Gasteiger partial charge in [0.2, 0.25) is 5.91 Å². The van der Waals surface area contributed by atoms with Gasteiger partial charge in [-0.25, -0.2) is 9.59 Å². The summed E-state index contributed by atoms with van der Waals surface area (Å²) in [6, 6.07) is 13.3. The third-order valence-electron chi connectivity index (χ3n) is 6.02. The molecule has 0 saturated carbocycles. The average Bonchev–Trinajstić information content (AvgIpc) is 3.19. The largest absolute Gasteiger partial charge is 0.461 e. The van der Waals surface area contributed by atoms with E-state index in [9.17, 15) is 14.4 Å². The van der Waals surface area contributed by atoms with Crippen LogP contribution < -0.4 is 0 Å². The average molecular weight is 511 g/mol. The zero-order valence-corrected chi connectivity index (χ0v) is 21.9. The van der Waals surface area contributed by atoms with E-state index in [-0.39, 0.29) is 17.9 Å². The van der Waals surface area contributed by atoms with Crippen LogP contribution in [0.25, 0.3) is 10.9 Å². The lowest BCUT2D eigenvalue weighted by molar-refractivity contribution is -0.159. The van der Waals surface area contributed by atoms with Gasteiger partial charge in [-0.1, -0.05) is 30.3 Å². The molecule has 190 valence electrons. The molecule has 2 atom stereocenters. The standard InChI is InChI=1S/C28H31ClN2O5/c1-16(2)35-27(34)22-14-20-19-8-6-7-9-21(19)30-24(20)25(31(22)23(32)15-29)17-10-12-18(13-11-17)26(33)36-28(3,4)5/h6-13,16,22,25,30H,14-15H2,1-5H3/t22-,25+/m1/s1. The molecule has 0 saturated heterocycles. The zero-order chi connectivity index (χ0) is 26.2. The summed E-state index contributed by atoms with van der Waals surface area (Å²) in [5, 5.41) is 0.989. The summed E-state index contributed by atoms with van der Waals surface area (Å²) < 4.78 is 11.0. The van der Waals surface area contributed by atoms with E-state index in [0.29, 0.717) is 12.0 Å². The molecule has 0 fully saturated rings. The van der Waals surface area contributed by atoms with E-state index in [4.69, 9.17) is 21.1 Å². The molecule has 1 aliphatic heterocycles. The van der Waals surface area contributed by atoms with Crippen LogP contribution >= 0.6 is 11.6 Å². The number of carbonyl (C=O) groups excluding carboxylic acids is 3. The Bertz CT molecular complexity index is 1290. The molecule has 36 heavy (non-hydrogen) atoms. The number of aromatic amines is 1. The first-order chi connectivity index (χ1) is 17.0. The van der Waals surface area contributed by atoms with Crippen molar-refractivity contribution in [3.63, 3.8) is 0 Å². The number of halogens is 1. The van der Waals surface area contributed by atoms with Crippen LogP contribution in [0, 0.1) is 0 Å². The molecule has 0 unspecified atom stereocenters. The van der Waals surface area contributed by atoms with Gasteiger partial charge in [-0.15, -0.1) is 11.6 Å². The topological polar surface area (TPSA) is 88.7 Å². The molecule has 8 heteroatoms. The molecule has 2 aromatic carbocycles. The highest BCUT2D eigenvalue weighted by Crippen LogP contribution is 2.41. The molecule has 1 aliphatic rings. The van der Waals surface area contributed by atoms with Crippen LogP contribution in [0.4, 0.5) is 0 Å². The number of nitrogens with zero attached hydrogens (tertiary/aromatic N) is 1. The van der Waals surface area contributed by atoms with Gasteiger partial charge in [0.1, 0.15) is 17.5 Å². The summed E-state index contributed by atoms with van der Waals surface area (Å²) >= 11 is 6.03. The molecular weight excluding hydrogens is 480 g/mol. The minimum absolute atomic E-state index is 0.284. The first kappa shape index (κ1) is 25.8. The molecule has 1 aromatic heterocycles. The molecular formula is C28H31ClN2O5. The Morgan fingerprint density at radius 1 is 1.08 bits per heavy atom. The smallest absolute Gasteiger partial charge is 0.338 e. The molecule has 7 nitrogen and oxygen atoms in total. The van der Waals surface area contributed by atoms with Crippen molar-refractivity contribution in [1.82, 2.24) is 9.88 Å². The molecule has 0 spiro atoms. The Morgan fingerprint density at radius 3 is 2.36 bits per heavy atom. The Hall–Kier alpha value is -3.32. The number of fused-ring (bicyclic) bond motifs is 3. The number of hydrogen-bond acceptors (Lipinski definition) is 5. The van der Waals surface area contributed by atoms with Gasteiger partial charge in [-0.05, 0) is 63.9 Å². The van der Waals surface area contributed by atoms with Crippen molar-refractivity contribution in [3.05, 3.63) is 70.9 Å². The number of ether oxygens (including phenoxy) is 2. The number of hydrogen-bond donors (Lipinski definition) is 1. The van der Waals surface area contributed by atoms with E-state index in [1.165, 1.54) is 4.90 Å². The van der Waals surface area contributed by atoms with Crippen LogP contribution in [0.15, 0.2) is 48.5 Å². The fourth-order valence-electron chi connectivity index (χ4n) is 4.65. The van der Waals surface area contributed by atoms with Crippen molar-refractivity contribution in [2.75, 3.05) is 5.88 Å². The number of alkyl halides is 1. The Labute approximate surface area is 215 Å². The van der Waals surface area contributed by atoms with Gasteiger partial charge in [0, 0.05) is 23.0 Å². The third-order valence-corrected chi connectivity index (χ3v) is 6.25. The van der Waals surface area contributed by atoms with Gasteiger partial charge in [0.15, 0.2) is 0 Å². The predicted octanol–water partition coefficient (Wildman–Crippen LogP) is 5.16. The molecule has 2 heterocycles. The van der Waals surface area contributed by atoms with Crippen LogP contribution in [0.3, 0.4) is 0 Å². The SMILES string of the molecule is CC(C)OC(=O)[C@H]1Cc2c([nH]c3ccccc23)[C@H](c2ccc(C(=O)OC(C)(C)C)cc2)N1C(=O)CCl. The van der Waals surface area contributed by atoms with Crippen molar-refractivity contribution < 1.29 is 23.9 Å². The number of benzene rings is 2. The second kappa shape index (κ2) is 9.97. The van der Waals surface area contributed by atoms with Crippen LogP contribution in [0.2, 0.25) is 0 Å². The number of aromatic nitrogens is 1. The Kier molecular flexibility index (Phi) is 7.14. The lowest BCUT2D eigenvalue weighted by Crippen LogP contribution is -2.52.